The summed E-state index contributed by atoms with van der Waals surface area (Å²) in [6, 6.07) is 11.5. The molecule has 1 amide bonds. The Morgan fingerprint density at radius 3 is 2.61 bits per heavy atom. The van der Waals surface area contributed by atoms with Crippen LogP contribution in [-0.2, 0) is 26.9 Å². The van der Waals surface area contributed by atoms with Gasteiger partial charge in [0, 0.05) is 29.6 Å². The van der Waals surface area contributed by atoms with Gasteiger partial charge in [0.05, 0.1) is 29.1 Å². The van der Waals surface area contributed by atoms with Crippen molar-refractivity contribution < 1.29 is 28.4 Å². The Hall–Kier alpha value is -2.88. The molecule has 5 rings (SSSR count). The first-order valence-corrected chi connectivity index (χ1v) is 19.3. The van der Waals surface area contributed by atoms with Gasteiger partial charge in [-0.2, -0.15) is 0 Å². The molecular formula is C39H53ClN2O6S. The van der Waals surface area contributed by atoms with Crippen molar-refractivity contribution in [1.29, 1.82) is 0 Å². The molecule has 2 N–H and O–H groups in total. The number of aryl methyl sites for hydroxylation is 1. The lowest BCUT2D eigenvalue weighted by molar-refractivity contribution is -0.173. The van der Waals surface area contributed by atoms with E-state index in [2.05, 4.69) is 22.6 Å². The molecule has 10 heteroatoms. The van der Waals surface area contributed by atoms with Crippen LogP contribution in [0.4, 0.5) is 5.69 Å². The van der Waals surface area contributed by atoms with Gasteiger partial charge in [0.2, 0.25) is 0 Å². The molecule has 268 valence electrons. The van der Waals surface area contributed by atoms with Crippen LogP contribution in [0.25, 0.3) is 0 Å². The van der Waals surface area contributed by atoms with Gasteiger partial charge in [0.1, 0.15) is 22.3 Å². The minimum absolute atomic E-state index is 0.0157. The molecule has 2 aromatic rings. The highest BCUT2D eigenvalue weighted by Crippen LogP contribution is 2.48. The monoisotopic (exact) mass is 712 g/mol. The maximum absolute atomic E-state index is 13.5. The van der Waals surface area contributed by atoms with Crippen LogP contribution in [0.1, 0.15) is 102 Å². The van der Waals surface area contributed by atoms with Gasteiger partial charge in [-0.1, -0.05) is 50.1 Å². The van der Waals surface area contributed by atoms with E-state index >= 15 is 0 Å². The van der Waals surface area contributed by atoms with Crippen molar-refractivity contribution in [2.24, 2.45) is 23.7 Å². The van der Waals surface area contributed by atoms with Gasteiger partial charge in [0.25, 0.3) is 5.91 Å². The third-order valence-electron chi connectivity index (χ3n) is 10.7. The molecule has 49 heavy (non-hydrogen) atoms. The van der Waals surface area contributed by atoms with Crippen LogP contribution in [0, 0.1) is 23.7 Å². The third-order valence-corrected chi connectivity index (χ3v) is 12.4. The number of halogens is 1. The fourth-order valence-electron chi connectivity index (χ4n) is 7.42. The molecule has 8 atom stereocenters. The van der Waals surface area contributed by atoms with E-state index in [4.69, 9.17) is 21.1 Å². The zero-order valence-corrected chi connectivity index (χ0v) is 31.5. The largest absolute Gasteiger partial charge is 0.491 e. The van der Waals surface area contributed by atoms with Crippen molar-refractivity contribution in [3.05, 3.63) is 70.3 Å². The second kappa shape index (κ2) is 15.2. The van der Waals surface area contributed by atoms with Crippen LogP contribution in [0.5, 0.6) is 5.75 Å². The van der Waals surface area contributed by atoms with Crippen molar-refractivity contribution in [3.8, 4) is 5.75 Å². The molecule has 1 fully saturated rings. The van der Waals surface area contributed by atoms with Gasteiger partial charge in [-0.15, -0.1) is 0 Å². The maximum Gasteiger partial charge on any atom is 0.312 e. The summed E-state index contributed by atoms with van der Waals surface area (Å²) in [5, 5.41) is 12.9. The molecular weight excluding hydrogens is 660 g/mol. The van der Waals surface area contributed by atoms with E-state index in [-0.39, 0.29) is 28.9 Å². The number of ether oxygens (including phenoxy) is 2. The molecule has 7 unspecified atom stereocenters. The highest BCUT2D eigenvalue weighted by atomic mass is 35.5. The first-order chi connectivity index (χ1) is 23.1. The van der Waals surface area contributed by atoms with E-state index in [1.54, 1.807) is 19.1 Å². The lowest BCUT2D eigenvalue weighted by Gasteiger charge is -2.50. The third kappa shape index (κ3) is 8.37. The van der Waals surface area contributed by atoms with Crippen molar-refractivity contribution in [2.45, 2.75) is 103 Å². The molecule has 2 bridgehead atoms. The van der Waals surface area contributed by atoms with Crippen molar-refractivity contribution in [3.63, 3.8) is 0 Å². The number of benzene rings is 2. The number of hydrogen-bond acceptors (Lipinski definition) is 7. The Morgan fingerprint density at radius 1 is 1.18 bits per heavy atom. The number of aliphatic hydroxyl groups is 1. The van der Waals surface area contributed by atoms with Crippen LogP contribution >= 0.6 is 11.6 Å². The number of amides is 1. The molecule has 1 saturated carbocycles. The summed E-state index contributed by atoms with van der Waals surface area (Å²) >= 11 is 6.44. The number of allylic oxidation sites excluding steroid dienone is 1. The minimum atomic E-state index is -1.64. The van der Waals surface area contributed by atoms with Crippen LogP contribution in [0.3, 0.4) is 0 Å². The van der Waals surface area contributed by atoms with E-state index in [1.807, 2.05) is 65.0 Å². The Morgan fingerprint density at radius 2 is 1.94 bits per heavy atom. The highest BCUT2D eigenvalue weighted by Gasteiger charge is 2.51. The molecule has 0 spiro atoms. The van der Waals surface area contributed by atoms with E-state index in [1.165, 1.54) is 11.1 Å². The van der Waals surface area contributed by atoms with E-state index in [0.717, 1.165) is 31.4 Å². The summed E-state index contributed by atoms with van der Waals surface area (Å²) in [5.74, 6) is -1.17. The molecule has 2 aromatic carbocycles. The second-order valence-corrected chi connectivity index (χ2v) is 17.3. The number of hydrogen-bond donors (Lipinski definition) is 2. The summed E-state index contributed by atoms with van der Waals surface area (Å²) in [6.45, 7) is 14.9. The molecule has 0 aromatic heterocycles. The zero-order valence-electron chi connectivity index (χ0n) is 30.0. The number of nitrogens with zero attached hydrogens (tertiary/aromatic N) is 1. The summed E-state index contributed by atoms with van der Waals surface area (Å²) in [6.07, 6.45) is 7.74. The topological polar surface area (TPSA) is 105 Å². The van der Waals surface area contributed by atoms with Crippen LogP contribution in [0.15, 0.2) is 48.6 Å². The predicted molar refractivity (Wildman–Crippen MR) is 197 cm³/mol. The predicted octanol–water partition coefficient (Wildman–Crippen LogP) is 7.39. The summed E-state index contributed by atoms with van der Waals surface area (Å²) in [4.78, 5) is 29.2. The quantitative estimate of drug-likeness (QED) is 0.246. The molecule has 2 aliphatic heterocycles. The SMILES string of the molecule is CCCc1cc(Cl)ccc1C1COc2ccc3cc2N(C1)CC1CCC1C(O)([C@@H](C)C(=O)OC(C)(C)C)/C=C/CC(C)C(C)S(=O)NC3=O. The van der Waals surface area contributed by atoms with Crippen LogP contribution in [-0.4, -0.2) is 57.3 Å². The van der Waals surface area contributed by atoms with Crippen LogP contribution in [0.2, 0.25) is 5.02 Å². The smallest absolute Gasteiger partial charge is 0.312 e. The molecule has 1 aliphatic carbocycles. The number of nitrogens with one attached hydrogen (secondary N) is 1. The fourth-order valence-corrected chi connectivity index (χ4v) is 8.63. The van der Waals surface area contributed by atoms with Crippen molar-refractivity contribution in [1.82, 2.24) is 4.72 Å². The molecule has 2 heterocycles. The lowest BCUT2D eigenvalue weighted by Crippen LogP contribution is -2.55. The number of esters is 1. The van der Waals surface area contributed by atoms with E-state index in [9.17, 15) is 18.9 Å². The standard InChI is InChI=1S/C39H53ClN2O6S/c1-8-10-27-19-31(40)14-15-32(27)30-22-42-21-29-12-16-33(29)39(45,25(3)37(44)48-38(5,6)7)18-9-11-24(2)26(4)49(46)41-36(43)28-13-17-35(47-23-30)34(42)20-28/h9,13-15,17-20,24-26,29-30,33,45H,8,10-12,16,21-23H2,1-7H3,(H,41,43)/b18-9+/t24?,25-,26?,29?,30?,33?,39?,49?/m0/s1. The summed E-state index contributed by atoms with van der Waals surface area (Å²) in [7, 11) is -1.64. The van der Waals surface area contributed by atoms with Gasteiger partial charge >= 0.3 is 5.97 Å². The number of carbonyl (C=O) groups is 2. The summed E-state index contributed by atoms with van der Waals surface area (Å²) < 4.78 is 28.3. The summed E-state index contributed by atoms with van der Waals surface area (Å²) in [5.41, 5.74) is 1.43. The number of rotatable bonds is 5. The lowest BCUT2D eigenvalue weighted by atomic mass is 9.60. The fraction of sp³-hybridized carbons (Fsp3) is 0.590. The Bertz CT molecular complexity index is 1590. The van der Waals surface area contributed by atoms with Gasteiger partial charge in [-0.25, -0.2) is 4.21 Å². The molecule has 8 nitrogen and oxygen atoms in total. The highest BCUT2D eigenvalue weighted by molar-refractivity contribution is 7.84. The van der Waals surface area contributed by atoms with E-state index < -0.39 is 40.0 Å². The van der Waals surface area contributed by atoms with Gasteiger partial charge < -0.3 is 19.5 Å². The van der Waals surface area contributed by atoms with Gasteiger partial charge in [-0.05, 0) is 120 Å². The molecule has 0 radical (unpaired) electrons. The number of fused-ring (bicyclic) bond motifs is 2. The Kier molecular flexibility index (Phi) is 11.6. The first kappa shape index (κ1) is 37.4. The average molecular weight is 713 g/mol. The maximum atomic E-state index is 13.5. The minimum Gasteiger partial charge on any atom is -0.491 e. The van der Waals surface area contributed by atoms with Gasteiger partial charge in [-0.3, -0.25) is 14.3 Å². The number of carbonyl (C=O) groups excluding carboxylic acids is 2. The number of anilines is 1. The van der Waals surface area contributed by atoms with Crippen molar-refractivity contribution >= 4 is 40.2 Å². The second-order valence-electron chi connectivity index (χ2n) is 15.3. The Labute approximate surface area is 299 Å². The van der Waals surface area contributed by atoms with E-state index in [0.29, 0.717) is 42.5 Å². The Balaban J connectivity index is 1.58. The molecule has 0 saturated heterocycles. The van der Waals surface area contributed by atoms with Gasteiger partial charge in [0.15, 0.2) is 0 Å². The normalized spacial score (nSPS) is 30.5. The molecule has 3 aliphatic rings. The average Bonchev–Trinajstić information content (AvgIpc) is 3.20. The zero-order chi connectivity index (χ0) is 35.7. The first-order valence-electron chi connectivity index (χ1n) is 17.8. The van der Waals surface area contributed by atoms with Crippen LogP contribution < -0.4 is 14.4 Å². The van der Waals surface area contributed by atoms with Crippen molar-refractivity contribution in [2.75, 3.05) is 24.6 Å².